The summed E-state index contributed by atoms with van der Waals surface area (Å²) in [5.74, 6) is -0.151. The van der Waals surface area contributed by atoms with Crippen LogP contribution in [0.15, 0.2) is 42.5 Å². The average Bonchev–Trinajstić information content (AvgIpc) is 2.68. The molecule has 0 unspecified atom stereocenters. The van der Waals surface area contributed by atoms with Crippen LogP contribution < -0.4 is 15.0 Å². The largest absolute Gasteiger partial charge is 0.481 e. The first-order valence-corrected chi connectivity index (χ1v) is 8.50. The lowest BCUT2D eigenvalue weighted by Gasteiger charge is -2.27. The molecule has 0 spiro atoms. The molecule has 7 heteroatoms. The lowest BCUT2D eigenvalue weighted by Crippen LogP contribution is -2.41. The summed E-state index contributed by atoms with van der Waals surface area (Å²) in [7, 11) is 0. The minimum atomic E-state index is -0.304. The third-order valence-electron chi connectivity index (χ3n) is 3.89. The summed E-state index contributed by atoms with van der Waals surface area (Å²) < 4.78 is 5.55. The summed E-state index contributed by atoms with van der Waals surface area (Å²) in [6, 6.07) is 11.8. The zero-order chi connectivity index (χ0) is 18.0. The van der Waals surface area contributed by atoms with E-state index < -0.39 is 0 Å². The maximum absolute atomic E-state index is 12.8. The maximum atomic E-state index is 12.8. The van der Waals surface area contributed by atoms with Gasteiger partial charge in [0.25, 0.3) is 5.91 Å². The van der Waals surface area contributed by atoms with E-state index in [0.717, 1.165) is 0 Å². The fourth-order valence-corrected chi connectivity index (χ4v) is 3.30. The highest BCUT2D eigenvalue weighted by Gasteiger charge is 2.29. The Kier molecular flexibility index (Phi) is 5.16. The van der Waals surface area contributed by atoms with Gasteiger partial charge in [0.15, 0.2) is 12.4 Å². The van der Waals surface area contributed by atoms with Crippen LogP contribution in [0.4, 0.5) is 11.4 Å². The van der Waals surface area contributed by atoms with E-state index in [-0.39, 0.29) is 36.6 Å². The van der Waals surface area contributed by atoms with Crippen molar-refractivity contribution in [1.82, 2.24) is 0 Å². The van der Waals surface area contributed by atoms with Crippen molar-refractivity contribution < 1.29 is 14.3 Å². The molecular formula is C18H16Cl2N2O3. The number of halogens is 2. The molecule has 0 aliphatic carbocycles. The number of benzene rings is 2. The molecule has 3 rings (SSSR count). The van der Waals surface area contributed by atoms with E-state index in [9.17, 15) is 9.59 Å². The average molecular weight is 379 g/mol. The van der Waals surface area contributed by atoms with Crippen molar-refractivity contribution in [1.29, 1.82) is 0 Å². The van der Waals surface area contributed by atoms with Gasteiger partial charge in [0.05, 0.1) is 21.4 Å². The standard InChI is InChI=1S/C18H16Cl2N2O3/c1-11-9-16(23)21-14-7-2-3-8-15(14)22(11)17(24)10-25-18-12(19)5-4-6-13(18)20/h2-8,11H,9-10H2,1H3,(H,21,23)/t11-/m1/s1. The number of hydrogen-bond acceptors (Lipinski definition) is 3. The Balaban J connectivity index is 1.84. The predicted octanol–water partition coefficient (Wildman–Crippen LogP) is 4.14. The van der Waals surface area contributed by atoms with Gasteiger partial charge in [-0.2, -0.15) is 0 Å². The molecule has 1 atom stereocenters. The summed E-state index contributed by atoms with van der Waals surface area (Å²) in [4.78, 5) is 26.3. The second-order valence-electron chi connectivity index (χ2n) is 5.72. The van der Waals surface area contributed by atoms with Crippen LogP contribution in [-0.2, 0) is 9.59 Å². The molecule has 2 amide bonds. The summed E-state index contributed by atoms with van der Waals surface area (Å²) >= 11 is 12.1. The Bertz CT molecular complexity index is 805. The van der Waals surface area contributed by atoms with Gasteiger partial charge in [-0.25, -0.2) is 0 Å². The Morgan fingerprint density at radius 1 is 1.20 bits per heavy atom. The summed E-state index contributed by atoms with van der Waals surface area (Å²) in [5.41, 5.74) is 1.24. The smallest absolute Gasteiger partial charge is 0.265 e. The van der Waals surface area contributed by atoms with Crippen molar-refractivity contribution in [3.05, 3.63) is 52.5 Å². The van der Waals surface area contributed by atoms with E-state index in [4.69, 9.17) is 27.9 Å². The number of amides is 2. The monoisotopic (exact) mass is 378 g/mol. The summed E-state index contributed by atoms with van der Waals surface area (Å²) in [6.07, 6.45) is 0.202. The van der Waals surface area contributed by atoms with Crippen LogP contribution >= 0.6 is 23.2 Å². The van der Waals surface area contributed by atoms with Crippen LogP contribution in [0.25, 0.3) is 0 Å². The van der Waals surface area contributed by atoms with Crippen LogP contribution in [0.1, 0.15) is 13.3 Å². The van der Waals surface area contributed by atoms with Gasteiger partial charge in [-0.1, -0.05) is 41.4 Å². The summed E-state index contributed by atoms with van der Waals surface area (Å²) in [5, 5.41) is 3.48. The van der Waals surface area contributed by atoms with Gasteiger partial charge in [-0.15, -0.1) is 0 Å². The Morgan fingerprint density at radius 3 is 2.60 bits per heavy atom. The molecule has 0 fully saturated rings. The van der Waals surface area contributed by atoms with Crippen molar-refractivity contribution in [2.24, 2.45) is 0 Å². The quantitative estimate of drug-likeness (QED) is 0.872. The highest BCUT2D eigenvalue weighted by Crippen LogP contribution is 2.34. The molecule has 1 aliphatic rings. The fraction of sp³-hybridized carbons (Fsp3) is 0.222. The molecule has 2 aromatic carbocycles. The second kappa shape index (κ2) is 7.33. The van der Waals surface area contributed by atoms with Gasteiger partial charge in [-0.05, 0) is 31.2 Å². The van der Waals surface area contributed by atoms with E-state index in [1.54, 1.807) is 41.3 Å². The maximum Gasteiger partial charge on any atom is 0.265 e. The lowest BCUT2D eigenvalue weighted by molar-refractivity contribution is -0.121. The van der Waals surface area contributed by atoms with E-state index in [0.29, 0.717) is 21.4 Å². The number of carbonyl (C=O) groups excluding carboxylic acids is 2. The first kappa shape index (κ1) is 17.6. The minimum Gasteiger partial charge on any atom is -0.481 e. The van der Waals surface area contributed by atoms with Crippen LogP contribution in [0.2, 0.25) is 10.0 Å². The van der Waals surface area contributed by atoms with Gasteiger partial charge in [-0.3, -0.25) is 9.59 Å². The van der Waals surface area contributed by atoms with Crippen LogP contribution in [0.5, 0.6) is 5.75 Å². The molecule has 0 saturated heterocycles. The number of anilines is 2. The molecule has 130 valence electrons. The molecule has 25 heavy (non-hydrogen) atoms. The van der Waals surface area contributed by atoms with Crippen LogP contribution in [0.3, 0.4) is 0 Å². The predicted molar refractivity (Wildman–Crippen MR) is 98.6 cm³/mol. The van der Waals surface area contributed by atoms with Gasteiger partial charge in [0, 0.05) is 12.5 Å². The summed E-state index contributed by atoms with van der Waals surface area (Å²) in [6.45, 7) is 1.58. The number of hydrogen-bond donors (Lipinski definition) is 1. The van der Waals surface area contributed by atoms with Crippen molar-refractivity contribution in [2.75, 3.05) is 16.8 Å². The number of para-hydroxylation sites is 3. The number of ether oxygens (including phenoxy) is 1. The zero-order valence-corrected chi connectivity index (χ0v) is 15.0. The molecule has 2 aromatic rings. The Hall–Kier alpha value is -2.24. The number of rotatable bonds is 3. The molecule has 1 aliphatic heterocycles. The highest BCUT2D eigenvalue weighted by molar-refractivity contribution is 6.37. The number of nitrogens with one attached hydrogen (secondary N) is 1. The molecule has 0 radical (unpaired) electrons. The van der Waals surface area contributed by atoms with Gasteiger partial charge in [0.1, 0.15) is 0 Å². The van der Waals surface area contributed by atoms with Gasteiger partial charge in [0.2, 0.25) is 5.91 Å². The number of carbonyl (C=O) groups is 2. The molecule has 0 aromatic heterocycles. The highest BCUT2D eigenvalue weighted by atomic mass is 35.5. The van der Waals surface area contributed by atoms with Crippen LogP contribution in [0, 0.1) is 0 Å². The van der Waals surface area contributed by atoms with E-state index in [2.05, 4.69) is 5.32 Å². The van der Waals surface area contributed by atoms with E-state index in [1.165, 1.54) is 0 Å². The zero-order valence-electron chi connectivity index (χ0n) is 13.5. The molecule has 5 nitrogen and oxygen atoms in total. The molecule has 0 bridgehead atoms. The van der Waals surface area contributed by atoms with E-state index >= 15 is 0 Å². The lowest BCUT2D eigenvalue weighted by atomic mass is 10.1. The fourth-order valence-electron chi connectivity index (χ4n) is 2.79. The Morgan fingerprint density at radius 2 is 1.88 bits per heavy atom. The third kappa shape index (κ3) is 3.72. The van der Waals surface area contributed by atoms with Crippen molar-refractivity contribution in [2.45, 2.75) is 19.4 Å². The van der Waals surface area contributed by atoms with Gasteiger partial charge < -0.3 is 15.0 Å². The normalized spacial score (nSPS) is 16.7. The molecule has 0 saturated carbocycles. The second-order valence-corrected chi connectivity index (χ2v) is 6.54. The first-order chi connectivity index (χ1) is 12.0. The first-order valence-electron chi connectivity index (χ1n) is 7.75. The SMILES string of the molecule is C[C@@H]1CC(=O)Nc2ccccc2N1C(=O)COc1c(Cl)cccc1Cl. The Labute approximate surface area is 155 Å². The van der Waals surface area contributed by atoms with E-state index in [1.807, 2.05) is 13.0 Å². The van der Waals surface area contributed by atoms with Crippen molar-refractivity contribution in [3.8, 4) is 5.75 Å². The molecule has 1 heterocycles. The molecular weight excluding hydrogens is 363 g/mol. The minimum absolute atomic E-state index is 0.134. The van der Waals surface area contributed by atoms with Crippen molar-refractivity contribution in [3.63, 3.8) is 0 Å². The number of nitrogens with zero attached hydrogens (tertiary/aromatic N) is 1. The van der Waals surface area contributed by atoms with Crippen LogP contribution in [-0.4, -0.2) is 24.5 Å². The number of fused-ring (bicyclic) bond motifs is 1. The topological polar surface area (TPSA) is 58.6 Å². The third-order valence-corrected chi connectivity index (χ3v) is 4.48. The van der Waals surface area contributed by atoms with Gasteiger partial charge >= 0.3 is 0 Å². The van der Waals surface area contributed by atoms with Crippen molar-refractivity contribution >= 4 is 46.4 Å². The molecule has 1 N–H and O–H groups in total.